The molecule has 0 amide bonds. The Balaban J connectivity index is 0.000000267. The lowest BCUT2D eigenvalue weighted by atomic mass is 9.97. The van der Waals surface area contributed by atoms with E-state index in [1.54, 1.807) is 0 Å². The minimum atomic E-state index is -5.29. The molecule has 1 aliphatic heterocycles. The Kier molecular flexibility index (Phi) is 12.6. The Morgan fingerprint density at radius 2 is 1.46 bits per heavy atom. The second-order valence-corrected chi connectivity index (χ2v) is 13.1. The zero-order chi connectivity index (χ0) is 30.2. The topological polar surface area (TPSA) is 285 Å². The molecule has 17 nitrogen and oxygen atoms in total. The highest BCUT2D eigenvalue weighted by Gasteiger charge is 2.46. The first-order valence-corrected chi connectivity index (χ1v) is 16.5. The van der Waals surface area contributed by atoms with Crippen LogP contribution in [0.15, 0.2) is 12.7 Å². The van der Waals surface area contributed by atoms with Gasteiger partial charge in [0.1, 0.15) is 30.2 Å². The molecular weight excluding hydrogens is 584 g/mol. The van der Waals surface area contributed by atoms with E-state index in [2.05, 4.69) is 23.8 Å². The number of aromatic nitrogens is 4. The number of phosphoric acid groups is 2. The smallest absolute Gasteiger partial charge is 0.387 e. The van der Waals surface area contributed by atoms with E-state index >= 15 is 0 Å². The molecule has 1 unspecified atom stereocenters. The molecule has 11 N–H and O–H groups in total. The highest BCUT2D eigenvalue weighted by Crippen LogP contribution is 2.57. The second-order valence-electron chi connectivity index (χ2n) is 10.3. The molecule has 0 spiro atoms. The Morgan fingerprint density at radius 3 is 1.95 bits per heavy atom. The van der Waals surface area contributed by atoms with Crippen LogP contribution in [0.3, 0.4) is 0 Å². The third-order valence-corrected chi connectivity index (χ3v) is 9.06. The van der Waals surface area contributed by atoms with Crippen LogP contribution in [0, 0.1) is 0 Å². The van der Waals surface area contributed by atoms with E-state index in [4.69, 9.17) is 31.7 Å². The zero-order valence-electron chi connectivity index (χ0n) is 22.6. The van der Waals surface area contributed by atoms with Crippen molar-refractivity contribution in [3.8, 4) is 0 Å². The van der Waals surface area contributed by atoms with Crippen molar-refractivity contribution >= 4 is 32.6 Å². The molecule has 5 rings (SSSR count). The van der Waals surface area contributed by atoms with Gasteiger partial charge in [0.05, 0.1) is 12.9 Å². The summed E-state index contributed by atoms with van der Waals surface area (Å²) in [5.41, 5.74) is 17.4. The fraction of sp³-hybridized carbons (Fsp3) is 0.773. The van der Waals surface area contributed by atoms with E-state index in [1.165, 1.54) is 75.1 Å². The van der Waals surface area contributed by atoms with E-state index < -0.39 is 46.8 Å². The normalized spacial score (nSPS) is 27.4. The lowest BCUT2D eigenvalue weighted by molar-refractivity contribution is -0.0503. The van der Waals surface area contributed by atoms with Crippen molar-refractivity contribution in [1.82, 2.24) is 19.5 Å². The van der Waals surface area contributed by atoms with Gasteiger partial charge in [-0.25, -0.2) is 24.1 Å². The number of hydrogen-bond acceptors (Lipinski definition) is 13. The van der Waals surface area contributed by atoms with Crippen molar-refractivity contribution in [3.63, 3.8) is 0 Å². The number of ether oxygens (including phenoxy) is 1. The number of phosphoric ester groups is 1. The first kappa shape index (κ1) is 33.9. The van der Waals surface area contributed by atoms with E-state index in [1.807, 2.05) is 0 Å². The number of aliphatic hydroxyl groups excluding tert-OH is 2. The van der Waals surface area contributed by atoms with Crippen LogP contribution in [0.2, 0.25) is 0 Å². The number of nitrogens with zero attached hydrogens (tertiary/aromatic N) is 4. The first-order chi connectivity index (χ1) is 19.3. The molecule has 2 aromatic heterocycles. The van der Waals surface area contributed by atoms with Crippen molar-refractivity contribution in [2.45, 2.75) is 101 Å². The summed E-state index contributed by atoms with van der Waals surface area (Å²) in [4.78, 5) is 38.1. The van der Waals surface area contributed by atoms with Gasteiger partial charge < -0.3 is 46.8 Å². The Hall–Kier alpha value is -1.59. The number of nitrogens with two attached hydrogens (primary N) is 3. The Labute approximate surface area is 237 Å². The number of aliphatic hydroxyl groups is 2. The van der Waals surface area contributed by atoms with E-state index in [9.17, 15) is 24.2 Å². The third-order valence-electron chi connectivity index (χ3n) is 6.91. The van der Waals surface area contributed by atoms with Crippen molar-refractivity contribution in [1.29, 1.82) is 0 Å². The van der Waals surface area contributed by atoms with Gasteiger partial charge in [-0.15, -0.1) is 0 Å². The van der Waals surface area contributed by atoms with Crippen LogP contribution < -0.4 is 17.2 Å². The predicted molar refractivity (Wildman–Crippen MR) is 147 cm³/mol. The zero-order valence-corrected chi connectivity index (χ0v) is 24.4. The van der Waals surface area contributed by atoms with Crippen LogP contribution in [-0.2, 0) is 22.7 Å². The molecule has 0 aromatic carbocycles. The molecule has 0 bridgehead atoms. The number of anilines is 1. The number of fused-ring (bicyclic) bond motifs is 1. The predicted octanol–water partition coefficient (Wildman–Crippen LogP) is 0.810. The molecule has 41 heavy (non-hydrogen) atoms. The minimum absolute atomic E-state index is 0.0856. The SMILES string of the molecule is NC1CCCCC1.NC1CCCCC1.Nc1ncnc2c1ncn2[C@@H]1O[C@H](COP(=O)(O)OP(=O)(O)O)[C@@H](O)[C@H]1O. The number of rotatable bonds is 6. The fourth-order valence-electron chi connectivity index (χ4n) is 4.75. The summed E-state index contributed by atoms with van der Waals surface area (Å²) >= 11 is 0. The molecule has 19 heteroatoms. The van der Waals surface area contributed by atoms with Gasteiger partial charge >= 0.3 is 15.6 Å². The van der Waals surface area contributed by atoms with E-state index in [-0.39, 0.29) is 17.0 Å². The molecular formula is C22H41N7O10P2. The van der Waals surface area contributed by atoms with E-state index in [0.717, 1.165) is 6.33 Å². The molecule has 2 saturated carbocycles. The molecule has 2 aliphatic carbocycles. The van der Waals surface area contributed by atoms with Crippen molar-refractivity contribution in [3.05, 3.63) is 12.7 Å². The highest BCUT2D eigenvalue weighted by atomic mass is 31.3. The standard InChI is InChI=1S/C10H15N5O10P2.2C6H13N/c11-8-5-9(13-2-12-8)15(3-14-5)10-7(17)6(16)4(24-10)1-23-27(21,22)25-26(18,19)20;2*7-6-4-2-1-3-5-6/h2-4,6-7,10,16-17H,1H2,(H,21,22)(H2,11,12,13)(H2,18,19,20);2*6H,1-5,7H2/t4-,6-,7-,10-;;/m1../s1. The van der Waals surface area contributed by atoms with E-state index in [0.29, 0.717) is 12.1 Å². The Bertz CT molecular complexity index is 1170. The quantitative estimate of drug-likeness (QED) is 0.206. The maximum Gasteiger partial charge on any atom is 0.481 e. The lowest BCUT2D eigenvalue weighted by Gasteiger charge is -2.17. The van der Waals surface area contributed by atoms with Crippen molar-refractivity contribution < 1.29 is 47.6 Å². The highest BCUT2D eigenvalue weighted by molar-refractivity contribution is 7.60. The number of nitrogen functional groups attached to an aromatic ring is 1. The summed E-state index contributed by atoms with van der Waals surface area (Å²) in [5.74, 6) is 0.0856. The fourth-order valence-corrected chi connectivity index (χ4v) is 6.35. The van der Waals surface area contributed by atoms with Gasteiger partial charge in [0, 0.05) is 12.1 Å². The second kappa shape index (κ2) is 15.2. The maximum atomic E-state index is 11.5. The number of imidazole rings is 1. The van der Waals surface area contributed by atoms with Gasteiger partial charge in [-0.2, -0.15) is 4.31 Å². The van der Waals surface area contributed by atoms with Crippen LogP contribution in [0.5, 0.6) is 0 Å². The lowest BCUT2D eigenvalue weighted by Crippen LogP contribution is -2.33. The third kappa shape index (κ3) is 10.6. The van der Waals surface area contributed by atoms with Crippen LogP contribution in [0.1, 0.15) is 70.4 Å². The maximum absolute atomic E-state index is 11.5. The largest absolute Gasteiger partial charge is 0.481 e. The molecule has 3 heterocycles. The monoisotopic (exact) mass is 625 g/mol. The average molecular weight is 626 g/mol. The van der Waals surface area contributed by atoms with Gasteiger partial charge in [-0.05, 0) is 25.7 Å². The molecule has 3 fully saturated rings. The average Bonchev–Trinajstić information content (AvgIpc) is 3.45. The Morgan fingerprint density at radius 1 is 0.902 bits per heavy atom. The summed E-state index contributed by atoms with van der Waals surface area (Å²) < 4.78 is 36.8. The van der Waals surface area contributed by atoms with Gasteiger partial charge in [0.25, 0.3) is 0 Å². The molecule has 234 valence electrons. The summed E-state index contributed by atoms with van der Waals surface area (Å²) in [6.45, 7) is -0.813. The van der Waals surface area contributed by atoms with Gasteiger partial charge in [-0.1, -0.05) is 38.5 Å². The molecule has 3 aliphatic rings. The van der Waals surface area contributed by atoms with Crippen molar-refractivity contribution in [2.75, 3.05) is 12.3 Å². The summed E-state index contributed by atoms with van der Waals surface area (Å²) in [7, 11) is -10.4. The van der Waals surface area contributed by atoms with Crippen LogP contribution in [0.4, 0.5) is 5.82 Å². The van der Waals surface area contributed by atoms with Gasteiger partial charge in [0.15, 0.2) is 17.7 Å². The van der Waals surface area contributed by atoms with Gasteiger partial charge in [-0.3, -0.25) is 9.09 Å². The molecule has 5 atom stereocenters. The summed E-state index contributed by atoms with van der Waals surface area (Å²) in [6, 6.07) is 1.07. The molecule has 1 saturated heterocycles. The van der Waals surface area contributed by atoms with Crippen LogP contribution in [0.25, 0.3) is 11.2 Å². The number of hydrogen-bond donors (Lipinski definition) is 8. The minimum Gasteiger partial charge on any atom is -0.387 e. The van der Waals surface area contributed by atoms with Crippen molar-refractivity contribution in [2.24, 2.45) is 11.5 Å². The first-order valence-electron chi connectivity index (χ1n) is 13.5. The van der Waals surface area contributed by atoms with Gasteiger partial charge in [0.2, 0.25) is 0 Å². The molecule has 2 aromatic rings. The van der Waals surface area contributed by atoms with Crippen LogP contribution >= 0.6 is 15.6 Å². The van der Waals surface area contributed by atoms with Crippen LogP contribution in [-0.4, -0.2) is 81.4 Å². The molecule has 0 radical (unpaired) electrons. The summed E-state index contributed by atoms with van der Waals surface area (Å²) in [6.07, 6.45) is 10.1. The summed E-state index contributed by atoms with van der Waals surface area (Å²) in [5, 5.41) is 20.3.